The van der Waals surface area contributed by atoms with Crippen LogP contribution in [0, 0.1) is 5.82 Å². The van der Waals surface area contributed by atoms with Gasteiger partial charge >= 0.3 is 0 Å². The van der Waals surface area contributed by atoms with Gasteiger partial charge in [0.25, 0.3) is 0 Å². The Bertz CT molecular complexity index is 782. The van der Waals surface area contributed by atoms with Crippen molar-refractivity contribution in [2.75, 3.05) is 0 Å². The molecule has 0 unspecified atom stereocenters. The number of benzene rings is 1. The number of aromatic amines is 1. The summed E-state index contributed by atoms with van der Waals surface area (Å²) in [6, 6.07) is 5.71. The van der Waals surface area contributed by atoms with Crippen molar-refractivity contribution in [3.8, 4) is 0 Å². The highest BCUT2D eigenvalue weighted by atomic mass is 35.5. The molecule has 3 rings (SSSR count). The molecular weight excluding hydrogens is 267 g/mol. The Balaban J connectivity index is 2.11. The molecule has 94 valence electrons. The predicted molar refractivity (Wildman–Crippen MR) is 70.9 cm³/mol. The van der Waals surface area contributed by atoms with Crippen molar-refractivity contribution in [2.24, 2.45) is 0 Å². The lowest BCUT2D eigenvalue weighted by molar-refractivity contribution is 0.104. The first-order valence-electron chi connectivity index (χ1n) is 5.57. The number of fused-ring (bicyclic) bond motifs is 1. The van der Waals surface area contributed by atoms with Gasteiger partial charge < -0.3 is 4.98 Å². The van der Waals surface area contributed by atoms with Crippen LogP contribution in [0.3, 0.4) is 0 Å². The first-order valence-corrected chi connectivity index (χ1v) is 5.95. The van der Waals surface area contributed by atoms with Gasteiger partial charge in [-0.3, -0.25) is 9.78 Å². The average Bonchev–Trinajstić information content (AvgIpc) is 2.85. The van der Waals surface area contributed by atoms with Crippen molar-refractivity contribution in [3.05, 3.63) is 64.8 Å². The lowest BCUT2D eigenvalue weighted by Gasteiger charge is -2.01. The van der Waals surface area contributed by atoms with Crippen LogP contribution in [0.15, 0.2) is 42.9 Å². The maximum Gasteiger partial charge on any atom is 0.195 e. The van der Waals surface area contributed by atoms with E-state index in [0.29, 0.717) is 11.1 Å². The third kappa shape index (κ3) is 2.00. The van der Waals surface area contributed by atoms with Gasteiger partial charge in [-0.05, 0) is 24.3 Å². The van der Waals surface area contributed by atoms with E-state index in [1.54, 1.807) is 24.7 Å². The zero-order valence-electron chi connectivity index (χ0n) is 9.65. The molecular formula is C14H8ClFN2O. The Kier molecular flexibility index (Phi) is 2.80. The van der Waals surface area contributed by atoms with Crippen molar-refractivity contribution in [1.82, 2.24) is 9.97 Å². The smallest absolute Gasteiger partial charge is 0.195 e. The second kappa shape index (κ2) is 4.48. The maximum absolute atomic E-state index is 13.1. The Morgan fingerprint density at radius 3 is 2.95 bits per heavy atom. The van der Waals surface area contributed by atoms with Crippen LogP contribution in [0.25, 0.3) is 10.9 Å². The molecule has 0 fully saturated rings. The van der Waals surface area contributed by atoms with Gasteiger partial charge in [-0.15, -0.1) is 0 Å². The van der Waals surface area contributed by atoms with Crippen LogP contribution in [0.1, 0.15) is 15.9 Å². The van der Waals surface area contributed by atoms with Gasteiger partial charge in [0.2, 0.25) is 0 Å². The summed E-state index contributed by atoms with van der Waals surface area (Å²) in [6.45, 7) is 0. The van der Waals surface area contributed by atoms with E-state index in [1.807, 2.05) is 0 Å². The molecule has 3 aromatic rings. The van der Waals surface area contributed by atoms with Crippen molar-refractivity contribution >= 4 is 28.3 Å². The highest BCUT2D eigenvalue weighted by Gasteiger charge is 2.15. The molecule has 0 radical (unpaired) electrons. The fraction of sp³-hybridized carbons (Fsp3) is 0. The van der Waals surface area contributed by atoms with Crippen LogP contribution in [-0.2, 0) is 0 Å². The normalized spacial score (nSPS) is 10.8. The number of hydrogen-bond donors (Lipinski definition) is 1. The van der Waals surface area contributed by atoms with E-state index in [-0.39, 0.29) is 10.8 Å². The Labute approximate surface area is 113 Å². The number of pyridine rings is 1. The Hall–Kier alpha value is -2.20. The predicted octanol–water partition coefficient (Wildman–Crippen LogP) is 3.59. The molecule has 0 spiro atoms. The molecule has 1 N–H and O–H groups in total. The second-order valence-corrected chi connectivity index (χ2v) is 4.49. The summed E-state index contributed by atoms with van der Waals surface area (Å²) in [7, 11) is 0. The van der Waals surface area contributed by atoms with E-state index in [4.69, 9.17) is 11.6 Å². The quantitative estimate of drug-likeness (QED) is 0.726. The van der Waals surface area contributed by atoms with Gasteiger partial charge in [0.05, 0.1) is 5.02 Å². The summed E-state index contributed by atoms with van der Waals surface area (Å²) in [5, 5.41) is 0.664. The highest BCUT2D eigenvalue weighted by molar-refractivity contribution is 6.31. The molecule has 2 heterocycles. The number of aromatic nitrogens is 2. The third-order valence-corrected chi connectivity index (χ3v) is 3.20. The van der Waals surface area contributed by atoms with Gasteiger partial charge in [-0.2, -0.15) is 0 Å². The molecule has 0 aliphatic rings. The van der Waals surface area contributed by atoms with Crippen molar-refractivity contribution < 1.29 is 9.18 Å². The van der Waals surface area contributed by atoms with Crippen LogP contribution < -0.4 is 0 Å². The number of carbonyl (C=O) groups excluding carboxylic acids is 1. The van der Waals surface area contributed by atoms with Crippen molar-refractivity contribution in [1.29, 1.82) is 0 Å². The number of nitrogens with one attached hydrogen (secondary N) is 1. The number of rotatable bonds is 2. The van der Waals surface area contributed by atoms with Gasteiger partial charge in [0.1, 0.15) is 5.82 Å². The fourth-order valence-electron chi connectivity index (χ4n) is 1.94. The zero-order chi connectivity index (χ0) is 13.4. The van der Waals surface area contributed by atoms with E-state index >= 15 is 0 Å². The Morgan fingerprint density at radius 2 is 2.16 bits per heavy atom. The lowest BCUT2D eigenvalue weighted by atomic mass is 10.0. The fourth-order valence-corrected chi connectivity index (χ4v) is 2.12. The van der Waals surface area contributed by atoms with Crippen LogP contribution in [0.2, 0.25) is 5.02 Å². The van der Waals surface area contributed by atoms with E-state index in [9.17, 15) is 9.18 Å². The third-order valence-electron chi connectivity index (χ3n) is 2.91. The molecule has 0 bridgehead atoms. The van der Waals surface area contributed by atoms with E-state index in [2.05, 4.69) is 9.97 Å². The van der Waals surface area contributed by atoms with Crippen molar-refractivity contribution in [3.63, 3.8) is 0 Å². The lowest BCUT2D eigenvalue weighted by Crippen LogP contribution is -2.00. The van der Waals surface area contributed by atoms with Crippen LogP contribution >= 0.6 is 11.6 Å². The first kappa shape index (κ1) is 11.9. The molecule has 0 amide bonds. The summed E-state index contributed by atoms with van der Waals surface area (Å²) < 4.78 is 13.1. The number of halogens is 2. The largest absolute Gasteiger partial charge is 0.360 e. The monoisotopic (exact) mass is 274 g/mol. The maximum atomic E-state index is 13.1. The number of hydrogen-bond acceptors (Lipinski definition) is 2. The van der Waals surface area contributed by atoms with Gasteiger partial charge in [0.15, 0.2) is 5.78 Å². The minimum atomic E-state index is -0.543. The Morgan fingerprint density at radius 1 is 1.32 bits per heavy atom. The molecule has 0 aliphatic carbocycles. The van der Waals surface area contributed by atoms with Crippen LogP contribution in [-0.4, -0.2) is 15.8 Å². The molecule has 3 nitrogen and oxygen atoms in total. The molecule has 0 saturated heterocycles. The summed E-state index contributed by atoms with van der Waals surface area (Å²) in [6.07, 6.45) is 4.87. The van der Waals surface area contributed by atoms with E-state index in [0.717, 1.165) is 10.9 Å². The average molecular weight is 275 g/mol. The highest BCUT2D eigenvalue weighted by Crippen LogP contribution is 2.22. The van der Waals surface area contributed by atoms with Gasteiger partial charge in [-0.25, -0.2) is 4.39 Å². The number of H-pyrrole nitrogens is 1. The standard InChI is InChI=1S/C14H8ClFN2O/c15-11-5-8(1-2-12(11)16)14(19)10-7-18-13-3-4-17-6-9(10)13/h1-7,18H. The topological polar surface area (TPSA) is 45.8 Å². The molecule has 0 saturated carbocycles. The molecule has 0 aliphatic heterocycles. The van der Waals surface area contributed by atoms with Gasteiger partial charge in [-0.1, -0.05) is 11.6 Å². The first-order chi connectivity index (χ1) is 9.16. The summed E-state index contributed by atoms with van der Waals surface area (Å²) in [5.74, 6) is -0.764. The number of carbonyl (C=O) groups is 1. The minimum absolute atomic E-state index is 0.0659. The molecule has 1 aromatic carbocycles. The molecule has 5 heteroatoms. The molecule has 19 heavy (non-hydrogen) atoms. The summed E-state index contributed by atoms with van der Waals surface area (Å²) in [4.78, 5) is 19.3. The van der Waals surface area contributed by atoms with Crippen molar-refractivity contribution in [2.45, 2.75) is 0 Å². The number of ketones is 1. The SMILES string of the molecule is O=C(c1ccc(F)c(Cl)c1)c1c[nH]c2ccncc12. The molecule has 0 atom stereocenters. The zero-order valence-corrected chi connectivity index (χ0v) is 10.4. The minimum Gasteiger partial charge on any atom is -0.360 e. The second-order valence-electron chi connectivity index (χ2n) is 4.08. The van der Waals surface area contributed by atoms with E-state index in [1.165, 1.54) is 18.2 Å². The molecule has 2 aromatic heterocycles. The summed E-state index contributed by atoms with van der Waals surface area (Å²) >= 11 is 5.69. The van der Waals surface area contributed by atoms with Crippen LogP contribution in [0.4, 0.5) is 4.39 Å². The summed E-state index contributed by atoms with van der Waals surface area (Å²) in [5.41, 5.74) is 1.66. The van der Waals surface area contributed by atoms with Crippen LogP contribution in [0.5, 0.6) is 0 Å². The number of nitrogens with zero attached hydrogens (tertiary/aromatic N) is 1. The van der Waals surface area contributed by atoms with Gasteiger partial charge in [0, 0.05) is 40.6 Å². The van der Waals surface area contributed by atoms with E-state index < -0.39 is 5.82 Å².